The molecule has 210 valence electrons. The number of piperazine rings is 1. The van der Waals surface area contributed by atoms with Gasteiger partial charge in [0.2, 0.25) is 0 Å². The fourth-order valence-corrected chi connectivity index (χ4v) is 5.94. The van der Waals surface area contributed by atoms with E-state index in [1.54, 1.807) is 12.3 Å². The number of nitrogens with zero attached hydrogens (tertiary/aromatic N) is 4. The van der Waals surface area contributed by atoms with Crippen molar-refractivity contribution in [3.8, 4) is 0 Å². The molecule has 2 fully saturated rings. The second-order valence-corrected chi connectivity index (χ2v) is 11.4. The highest BCUT2D eigenvalue weighted by Crippen LogP contribution is 2.33. The number of halogens is 2. The van der Waals surface area contributed by atoms with Crippen LogP contribution in [-0.2, 0) is 13.0 Å². The van der Waals surface area contributed by atoms with Gasteiger partial charge in [-0.25, -0.2) is 4.39 Å². The van der Waals surface area contributed by atoms with Gasteiger partial charge in [0.1, 0.15) is 5.82 Å². The van der Waals surface area contributed by atoms with Gasteiger partial charge in [-0.1, -0.05) is 60.1 Å². The van der Waals surface area contributed by atoms with Crippen LogP contribution in [0.25, 0.3) is 0 Å². The molecule has 0 spiro atoms. The minimum atomic E-state index is -0.251. The first kappa shape index (κ1) is 28.3. The van der Waals surface area contributed by atoms with Gasteiger partial charge in [0.15, 0.2) is 5.11 Å². The Hall–Kier alpha value is -3.20. The molecule has 0 unspecified atom stereocenters. The number of piperidine rings is 1. The van der Waals surface area contributed by atoms with E-state index in [1.807, 2.05) is 24.3 Å². The molecule has 3 aromatic carbocycles. The molecular formula is C31H36ClFN6S. The van der Waals surface area contributed by atoms with E-state index in [1.165, 1.54) is 5.56 Å². The van der Waals surface area contributed by atoms with Gasteiger partial charge in [-0.2, -0.15) is 5.10 Å². The molecule has 0 bridgehead atoms. The first-order valence-electron chi connectivity index (χ1n) is 13.9. The lowest BCUT2D eigenvalue weighted by atomic mass is 9.89. The summed E-state index contributed by atoms with van der Waals surface area (Å²) in [5, 5.41) is 5.00. The summed E-state index contributed by atoms with van der Waals surface area (Å²) in [4.78, 5) is 6.88. The van der Waals surface area contributed by atoms with Gasteiger partial charge in [0.05, 0.1) is 11.9 Å². The predicted molar refractivity (Wildman–Crippen MR) is 168 cm³/mol. The third-order valence-corrected chi connectivity index (χ3v) is 8.32. The van der Waals surface area contributed by atoms with Crippen molar-refractivity contribution < 1.29 is 4.39 Å². The SMILES string of the molecule is NC(=S)NN=Cc1cc(F)c(N2CCN(Cc3ccccc3Cl)CC2)cc1N1CCC(Cc2ccccc2)CC1. The van der Waals surface area contributed by atoms with Crippen molar-refractivity contribution in [2.45, 2.75) is 25.8 Å². The number of hydrazone groups is 1. The number of benzene rings is 3. The van der Waals surface area contributed by atoms with E-state index in [2.05, 4.69) is 61.6 Å². The van der Waals surface area contributed by atoms with Crippen LogP contribution in [0.5, 0.6) is 0 Å². The molecule has 2 heterocycles. The Kier molecular flexibility index (Phi) is 9.52. The van der Waals surface area contributed by atoms with Crippen molar-refractivity contribution in [1.29, 1.82) is 0 Å². The van der Waals surface area contributed by atoms with Gasteiger partial charge in [0.25, 0.3) is 0 Å². The molecule has 40 heavy (non-hydrogen) atoms. The molecule has 6 nitrogen and oxygen atoms in total. The first-order valence-corrected chi connectivity index (χ1v) is 14.7. The molecule has 2 aliphatic rings. The largest absolute Gasteiger partial charge is 0.375 e. The molecular weight excluding hydrogens is 543 g/mol. The van der Waals surface area contributed by atoms with Crippen LogP contribution in [-0.4, -0.2) is 55.5 Å². The molecule has 3 N–H and O–H groups in total. The molecule has 2 saturated heterocycles. The molecule has 0 atom stereocenters. The van der Waals surface area contributed by atoms with Crippen LogP contribution >= 0.6 is 23.8 Å². The minimum absolute atomic E-state index is 0.0753. The fourth-order valence-electron chi connectivity index (χ4n) is 5.69. The molecule has 0 saturated carbocycles. The zero-order chi connectivity index (χ0) is 27.9. The lowest BCUT2D eigenvalue weighted by Gasteiger charge is -2.38. The van der Waals surface area contributed by atoms with Gasteiger partial charge in [-0.3, -0.25) is 10.3 Å². The van der Waals surface area contributed by atoms with Crippen molar-refractivity contribution in [3.63, 3.8) is 0 Å². The predicted octanol–water partition coefficient (Wildman–Crippen LogP) is 5.43. The topological polar surface area (TPSA) is 60.1 Å². The summed E-state index contributed by atoms with van der Waals surface area (Å²) in [5.41, 5.74) is 13.0. The highest BCUT2D eigenvalue weighted by Gasteiger charge is 2.25. The van der Waals surface area contributed by atoms with Crippen molar-refractivity contribution >= 4 is 46.5 Å². The molecule has 9 heteroatoms. The minimum Gasteiger partial charge on any atom is -0.375 e. The third-order valence-electron chi connectivity index (χ3n) is 7.86. The number of nitrogens with two attached hydrogens (primary N) is 1. The van der Waals surface area contributed by atoms with Crippen LogP contribution in [0.3, 0.4) is 0 Å². The van der Waals surface area contributed by atoms with Crippen LogP contribution in [0.15, 0.2) is 71.8 Å². The van der Waals surface area contributed by atoms with Crippen molar-refractivity contribution in [3.05, 3.63) is 94.3 Å². The van der Waals surface area contributed by atoms with E-state index >= 15 is 4.39 Å². The monoisotopic (exact) mass is 578 g/mol. The third kappa shape index (κ3) is 7.30. The lowest BCUT2D eigenvalue weighted by Crippen LogP contribution is -2.46. The van der Waals surface area contributed by atoms with E-state index in [9.17, 15) is 0 Å². The molecule has 0 aliphatic carbocycles. The number of rotatable bonds is 8. The lowest BCUT2D eigenvalue weighted by molar-refractivity contribution is 0.249. The summed E-state index contributed by atoms with van der Waals surface area (Å²) in [5.74, 6) is 0.386. The molecule has 5 rings (SSSR count). The Morgan fingerprint density at radius 2 is 1.62 bits per heavy atom. The van der Waals surface area contributed by atoms with Crippen LogP contribution in [0.4, 0.5) is 15.8 Å². The highest BCUT2D eigenvalue weighted by atomic mass is 35.5. The molecule has 0 aromatic heterocycles. The Bertz CT molecular complexity index is 1320. The number of nitrogens with one attached hydrogen (secondary N) is 1. The van der Waals surface area contributed by atoms with Crippen molar-refractivity contribution in [1.82, 2.24) is 10.3 Å². The van der Waals surface area contributed by atoms with Gasteiger partial charge in [0, 0.05) is 62.1 Å². The van der Waals surface area contributed by atoms with Crippen molar-refractivity contribution in [2.24, 2.45) is 16.8 Å². The fraction of sp³-hybridized carbons (Fsp3) is 0.355. The standard InChI is InChI=1S/C31H36ClFN6S/c32-27-9-5-4-8-25(27)22-37-14-16-39(17-15-37)30-20-29(26(19-28(30)33)21-35-36-31(34)40)38-12-10-24(11-13-38)18-23-6-2-1-3-7-23/h1-9,19-21,24H,10-18,22H2,(H3,34,36,40). The molecule has 3 aromatic rings. The number of thiocarbonyl (C=S) groups is 1. The summed E-state index contributed by atoms with van der Waals surface area (Å²) in [7, 11) is 0. The Balaban J connectivity index is 1.29. The van der Waals surface area contributed by atoms with Crippen LogP contribution in [0, 0.1) is 11.7 Å². The van der Waals surface area contributed by atoms with Gasteiger partial charge in [-0.15, -0.1) is 0 Å². The maximum Gasteiger partial charge on any atom is 0.184 e. The van der Waals surface area contributed by atoms with E-state index < -0.39 is 0 Å². The summed E-state index contributed by atoms with van der Waals surface area (Å²) < 4.78 is 15.5. The normalized spacial score (nSPS) is 16.9. The Morgan fingerprint density at radius 1 is 0.950 bits per heavy atom. The van der Waals surface area contributed by atoms with Crippen molar-refractivity contribution in [2.75, 3.05) is 49.1 Å². The smallest absolute Gasteiger partial charge is 0.184 e. The quantitative estimate of drug-likeness (QED) is 0.211. The Labute approximate surface area is 246 Å². The van der Waals surface area contributed by atoms with Gasteiger partial charge in [-0.05, 0) is 66.7 Å². The maximum atomic E-state index is 15.5. The summed E-state index contributed by atoms with van der Waals surface area (Å²) in [6.45, 7) is 5.80. The number of hydrogen-bond acceptors (Lipinski definition) is 5. The average Bonchev–Trinajstić information content (AvgIpc) is 2.96. The summed E-state index contributed by atoms with van der Waals surface area (Å²) >= 11 is 11.3. The zero-order valence-corrected chi connectivity index (χ0v) is 24.2. The van der Waals surface area contributed by atoms with Crippen LogP contribution < -0.4 is 21.0 Å². The van der Waals surface area contributed by atoms with E-state index in [4.69, 9.17) is 29.6 Å². The van der Waals surface area contributed by atoms with Crippen LogP contribution in [0.1, 0.15) is 29.5 Å². The second-order valence-electron chi connectivity index (χ2n) is 10.6. The van der Waals surface area contributed by atoms with E-state index in [0.29, 0.717) is 17.2 Å². The summed E-state index contributed by atoms with van der Waals surface area (Å²) in [6, 6.07) is 22.2. The second kappa shape index (κ2) is 13.4. The average molecular weight is 579 g/mol. The van der Waals surface area contributed by atoms with Gasteiger partial charge < -0.3 is 15.5 Å². The summed E-state index contributed by atoms with van der Waals surface area (Å²) in [6.07, 6.45) is 4.88. The number of anilines is 2. The van der Waals surface area contributed by atoms with Gasteiger partial charge >= 0.3 is 0 Å². The van der Waals surface area contributed by atoms with E-state index in [0.717, 1.165) is 81.3 Å². The molecule has 2 aliphatic heterocycles. The number of hydrogen-bond donors (Lipinski definition) is 2. The zero-order valence-electron chi connectivity index (χ0n) is 22.6. The van der Waals surface area contributed by atoms with Crippen LogP contribution in [0.2, 0.25) is 5.02 Å². The van der Waals surface area contributed by atoms with E-state index in [-0.39, 0.29) is 10.9 Å². The highest BCUT2D eigenvalue weighted by molar-refractivity contribution is 7.80. The Morgan fingerprint density at radius 3 is 2.33 bits per heavy atom. The molecule has 0 amide bonds. The molecule has 0 radical (unpaired) electrons. The maximum absolute atomic E-state index is 15.5. The first-order chi connectivity index (χ1) is 19.5.